The van der Waals surface area contributed by atoms with Crippen molar-refractivity contribution in [2.75, 3.05) is 17.7 Å². The van der Waals surface area contributed by atoms with E-state index in [1.54, 1.807) is 0 Å². The highest BCUT2D eigenvalue weighted by atomic mass is 127. The number of anilines is 2. The number of nitrogens with one attached hydrogen (secondary N) is 2. The number of carbonyl (C=O) groups excluding carboxylic acids is 1. The number of rotatable bonds is 3. The van der Waals surface area contributed by atoms with Crippen LogP contribution in [0.4, 0.5) is 10.7 Å². The second kappa shape index (κ2) is 7.38. The van der Waals surface area contributed by atoms with Crippen molar-refractivity contribution in [3.8, 4) is 0 Å². The van der Waals surface area contributed by atoms with Gasteiger partial charge in [0.15, 0.2) is 5.11 Å². The molecule has 1 aromatic heterocycles. The molecule has 22 heavy (non-hydrogen) atoms. The highest BCUT2D eigenvalue weighted by Gasteiger charge is 2.20. The number of thiophene rings is 1. The number of benzene rings is 1. The fraction of sp³-hybridized carbons (Fsp3) is 0.200. The second-order valence-corrected chi connectivity index (χ2v) is 7.44. The molecule has 2 rings (SSSR count). The van der Waals surface area contributed by atoms with Crippen molar-refractivity contribution in [1.29, 1.82) is 0 Å². The first-order valence-electron chi connectivity index (χ1n) is 6.44. The molecular formula is C15H15IN2O2S2. The summed E-state index contributed by atoms with van der Waals surface area (Å²) in [7, 11) is 1.38. The van der Waals surface area contributed by atoms with Gasteiger partial charge in [-0.15, -0.1) is 11.3 Å². The largest absolute Gasteiger partial charge is 0.465 e. The number of aryl methyl sites for hydroxylation is 1. The summed E-state index contributed by atoms with van der Waals surface area (Å²) < 4.78 is 6.00. The highest BCUT2D eigenvalue weighted by molar-refractivity contribution is 14.1. The van der Waals surface area contributed by atoms with Gasteiger partial charge in [0.25, 0.3) is 0 Å². The topological polar surface area (TPSA) is 50.4 Å². The van der Waals surface area contributed by atoms with Gasteiger partial charge in [0.05, 0.1) is 12.7 Å². The van der Waals surface area contributed by atoms with Gasteiger partial charge < -0.3 is 15.4 Å². The Hall–Kier alpha value is -1.19. The normalized spacial score (nSPS) is 10.2. The van der Waals surface area contributed by atoms with Crippen LogP contribution in [0, 0.1) is 17.4 Å². The molecule has 4 nitrogen and oxygen atoms in total. The molecule has 0 bridgehead atoms. The van der Waals surface area contributed by atoms with E-state index in [0.717, 1.165) is 19.7 Å². The lowest BCUT2D eigenvalue weighted by Gasteiger charge is -2.10. The fourth-order valence-corrected chi connectivity index (χ4v) is 3.56. The third-order valence-corrected chi connectivity index (χ3v) is 5.15. The van der Waals surface area contributed by atoms with E-state index in [1.165, 1.54) is 18.4 Å². The zero-order valence-electron chi connectivity index (χ0n) is 12.3. The van der Waals surface area contributed by atoms with E-state index in [2.05, 4.69) is 33.2 Å². The number of hydrogen-bond donors (Lipinski definition) is 2. The molecule has 0 unspecified atom stereocenters. The van der Waals surface area contributed by atoms with Gasteiger partial charge in [0.1, 0.15) is 5.00 Å². The van der Waals surface area contributed by atoms with Crippen LogP contribution in [0.25, 0.3) is 0 Å². The van der Waals surface area contributed by atoms with Crippen LogP contribution in [-0.2, 0) is 4.74 Å². The number of carbonyl (C=O) groups is 1. The van der Waals surface area contributed by atoms with Gasteiger partial charge in [0, 0.05) is 14.1 Å². The van der Waals surface area contributed by atoms with Crippen LogP contribution in [0.2, 0.25) is 0 Å². The molecule has 0 saturated carbocycles. The molecule has 1 aromatic carbocycles. The Morgan fingerprint density at radius 1 is 1.23 bits per heavy atom. The van der Waals surface area contributed by atoms with Crippen LogP contribution < -0.4 is 10.6 Å². The molecule has 0 amide bonds. The van der Waals surface area contributed by atoms with Crippen LogP contribution in [0.1, 0.15) is 20.8 Å². The van der Waals surface area contributed by atoms with Crippen molar-refractivity contribution < 1.29 is 9.53 Å². The summed E-state index contributed by atoms with van der Waals surface area (Å²) >= 11 is 9.05. The van der Waals surface area contributed by atoms with Crippen molar-refractivity contribution in [3.05, 3.63) is 43.8 Å². The van der Waals surface area contributed by atoms with Crippen molar-refractivity contribution in [3.63, 3.8) is 0 Å². The van der Waals surface area contributed by atoms with Gasteiger partial charge in [-0.05, 0) is 78.5 Å². The Morgan fingerprint density at radius 2 is 1.86 bits per heavy atom. The minimum atomic E-state index is -0.360. The summed E-state index contributed by atoms with van der Waals surface area (Å²) in [4.78, 5) is 13.0. The van der Waals surface area contributed by atoms with Crippen LogP contribution in [0.5, 0.6) is 0 Å². The standard InChI is InChI=1S/C15H15IN2O2S2/c1-8-9(2)22-13(12(8)14(19)20-3)18-15(21)17-11-6-4-10(16)5-7-11/h4-7H,1-3H3,(H2,17,18,21). The van der Waals surface area contributed by atoms with Crippen LogP contribution in [0.15, 0.2) is 24.3 Å². The summed E-state index contributed by atoms with van der Waals surface area (Å²) in [5.41, 5.74) is 2.34. The first-order chi connectivity index (χ1) is 10.4. The predicted molar refractivity (Wildman–Crippen MR) is 104 cm³/mol. The van der Waals surface area contributed by atoms with Crippen molar-refractivity contribution in [1.82, 2.24) is 0 Å². The number of halogens is 1. The van der Waals surface area contributed by atoms with E-state index < -0.39 is 0 Å². The van der Waals surface area contributed by atoms with Gasteiger partial charge in [-0.3, -0.25) is 0 Å². The Kier molecular flexibility index (Phi) is 5.76. The molecule has 116 valence electrons. The van der Waals surface area contributed by atoms with Gasteiger partial charge >= 0.3 is 5.97 Å². The molecule has 0 spiro atoms. The zero-order chi connectivity index (χ0) is 16.3. The minimum Gasteiger partial charge on any atom is -0.465 e. The van der Waals surface area contributed by atoms with E-state index >= 15 is 0 Å². The number of esters is 1. The lowest BCUT2D eigenvalue weighted by Crippen LogP contribution is -2.20. The Balaban J connectivity index is 2.16. The lowest BCUT2D eigenvalue weighted by molar-refractivity contribution is 0.0601. The number of methoxy groups -OCH3 is 1. The highest BCUT2D eigenvalue weighted by Crippen LogP contribution is 2.33. The summed E-state index contributed by atoms with van der Waals surface area (Å²) in [6.07, 6.45) is 0. The minimum absolute atomic E-state index is 0.360. The van der Waals surface area contributed by atoms with Crippen molar-refractivity contribution >= 4 is 67.9 Å². The van der Waals surface area contributed by atoms with Crippen LogP contribution in [-0.4, -0.2) is 18.2 Å². The van der Waals surface area contributed by atoms with E-state index in [1.807, 2.05) is 38.1 Å². The molecule has 0 atom stereocenters. The van der Waals surface area contributed by atoms with Gasteiger partial charge in [-0.1, -0.05) is 0 Å². The molecule has 0 saturated heterocycles. The van der Waals surface area contributed by atoms with Crippen LogP contribution in [0.3, 0.4) is 0 Å². The maximum absolute atomic E-state index is 11.9. The molecule has 0 aliphatic carbocycles. The average Bonchev–Trinajstić information content (AvgIpc) is 2.75. The zero-order valence-corrected chi connectivity index (χ0v) is 16.1. The van der Waals surface area contributed by atoms with Crippen molar-refractivity contribution in [2.24, 2.45) is 0 Å². The monoisotopic (exact) mass is 446 g/mol. The third-order valence-electron chi connectivity index (χ3n) is 3.10. The molecular weight excluding hydrogens is 431 g/mol. The quantitative estimate of drug-likeness (QED) is 0.411. The molecule has 0 radical (unpaired) electrons. The Labute approximate surface area is 152 Å². The predicted octanol–water partition coefficient (Wildman–Crippen LogP) is 4.57. The summed E-state index contributed by atoms with van der Waals surface area (Å²) in [6.45, 7) is 3.87. The first kappa shape index (κ1) is 17.2. The maximum Gasteiger partial charge on any atom is 0.341 e. The summed E-state index contributed by atoms with van der Waals surface area (Å²) in [6, 6.07) is 7.87. The van der Waals surface area contributed by atoms with E-state index in [-0.39, 0.29) is 5.97 Å². The van der Waals surface area contributed by atoms with Gasteiger partial charge in [-0.2, -0.15) is 0 Å². The van der Waals surface area contributed by atoms with E-state index in [9.17, 15) is 4.79 Å². The molecule has 2 N–H and O–H groups in total. The smallest absolute Gasteiger partial charge is 0.341 e. The molecule has 7 heteroatoms. The van der Waals surface area contributed by atoms with Gasteiger partial charge in [-0.25, -0.2) is 4.79 Å². The Bertz CT molecular complexity index is 711. The molecule has 0 fully saturated rings. The Morgan fingerprint density at radius 3 is 2.45 bits per heavy atom. The number of thiocarbonyl (C=S) groups is 1. The van der Waals surface area contributed by atoms with Crippen molar-refractivity contribution in [2.45, 2.75) is 13.8 Å². The van der Waals surface area contributed by atoms with E-state index in [4.69, 9.17) is 17.0 Å². The number of ether oxygens (including phenoxy) is 1. The first-order valence-corrected chi connectivity index (χ1v) is 8.74. The molecule has 1 heterocycles. The number of hydrogen-bond acceptors (Lipinski definition) is 4. The average molecular weight is 446 g/mol. The molecule has 2 aromatic rings. The van der Waals surface area contributed by atoms with Crippen LogP contribution >= 0.6 is 46.1 Å². The summed E-state index contributed by atoms with van der Waals surface area (Å²) in [5.74, 6) is -0.360. The second-order valence-electron chi connectivity index (χ2n) is 4.56. The maximum atomic E-state index is 11.9. The van der Waals surface area contributed by atoms with Gasteiger partial charge in [0.2, 0.25) is 0 Å². The van der Waals surface area contributed by atoms with E-state index in [0.29, 0.717) is 15.7 Å². The fourth-order valence-electron chi connectivity index (χ4n) is 1.86. The SMILES string of the molecule is COC(=O)c1c(NC(=S)Nc2ccc(I)cc2)sc(C)c1C. The summed E-state index contributed by atoms with van der Waals surface area (Å²) in [5, 5.41) is 7.33. The molecule has 0 aliphatic heterocycles. The third kappa shape index (κ3) is 3.96. The lowest BCUT2D eigenvalue weighted by atomic mass is 10.1. The molecule has 0 aliphatic rings.